The summed E-state index contributed by atoms with van der Waals surface area (Å²) >= 11 is 6.23. The van der Waals surface area contributed by atoms with Gasteiger partial charge in [-0.1, -0.05) is 17.7 Å². The lowest BCUT2D eigenvalue weighted by atomic mass is 10.0. The van der Waals surface area contributed by atoms with E-state index in [1.165, 1.54) is 12.1 Å². The van der Waals surface area contributed by atoms with E-state index in [-0.39, 0.29) is 18.4 Å². The summed E-state index contributed by atoms with van der Waals surface area (Å²) in [5.74, 6) is 1.61. The van der Waals surface area contributed by atoms with E-state index < -0.39 is 18.4 Å². The van der Waals surface area contributed by atoms with E-state index in [1.807, 2.05) is 23.1 Å². The van der Waals surface area contributed by atoms with Crippen molar-refractivity contribution in [1.29, 1.82) is 0 Å². The second kappa shape index (κ2) is 8.99. The zero-order valence-electron chi connectivity index (χ0n) is 18.1. The third-order valence-corrected chi connectivity index (χ3v) is 6.31. The molecule has 0 radical (unpaired) electrons. The maximum atomic E-state index is 13.2. The van der Waals surface area contributed by atoms with Crippen molar-refractivity contribution >= 4 is 28.3 Å². The molecule has 0 atom stereocenters. The van der Waals surface area contributed by atoms with Crippen LogP contribution in [0.25, 0.3) is 10.9 Å². The van der Waals surface area contributed by atoms with Crippen LogP contribution in [0.3, 0.4) is 0 Å². The van der Waals surface area contributed by atoms with Crippen LogP contribution in [0.4, 0.5) is 19.0 Å². The Morgan fingerprint density at radius 2 is 1.88 bits per heavy atom. The quantitative estimate of drug-likeness (QED) is 0.576. The van der Waals surface area contributed by atoms with Gasteiger partial charge in [-0.15, -0.1) is 0 Å². The lowest BCUT2D eigenvalue weighted by Gasteiger charge is -2.36. The predicted octanol–water partition coefficient (Wildman–Crippen LogP) is 4.10. The lowest BCUT2D eigenvalue weighted by Crippen LogP contribution is -2.44. The minimum atomic E-state index is -4.57. The van der Waals surface area contributed by atoms with Crippen molar-refractivity contribution in [2.45, 2.75) is 38.1 Å². The maximum Gasteiger partial charge on any atom is 0.406 e. The van der Waals surface area contributed by atoms with Crippen LogP contribution in [-0.4, -0.2) is 41.7 Å². The first-order valence-corrected chi connectivity index (χ1v) is 11.3. The number of anilines is 1. The van der Waals surface area contributed by atoms with Crippen molar-refractivity contribution in [3.63, 3.8) is 0 Å². The second-order valence-electron chi connectivity index (χ2n) is 8.38. The fraction of sp³-hybridized carbons (Fsp3) is 0.391. The number of alkyl halides is 3. The minimum absolute atomic E-state index is 0.0271. The van der Waals surface area contributed by atoms with Crippen molar-refractivity contribution < 1.29 is 22.6 Å². The topological polar surface area (TPSA) is 68.6 Å². The third-order valence-electron chi connectivity index (χ3n) is 6.07. The van der Waals surface area contributed by atoms with Gasteiger partial charge in [0.15, 0.2) is 11.5 Å². The number of nitrogens with zero attached hydrogens (tertiary/aromatic N) is 3. The van der Waals surface area contributed by atoms with E-state index in [0.717, 1.165) is 31.5 Å². The first-order chi connectivity index (χ1) is 16.3. The van der Waals surface area contributed by atoms with Crippen LogP contribution in [0, 0.1) is 0 Å². The molecule has 2 aromatic carbocycles. The molecular formula is C23H22ClF3N4O3. The smallest absolute Gasteiger partial charge is 0.406 e. The highest BCUT2D eigenvalue weighted by molar-refractivity contribution is 6.31. The van der Waals surface area contributed by atoms with Crippen LogP contribution >= 0.6 is 11.6 Å². The zero-order chi connectivity index (χ0) is 23.9. The molecule has 1 aromatic heterocycles. The van der Waals surface area contributed by atoms with Crippen LogP contribution in [0.15, 0.2) is 41.2 Å². The summed E-state index contributed by atoms with van der Waals surface area (Å²) in [5, 5.41) is 4.06. The average Bonchev–Trinajstić information content (AvgIpc) is 3.27. The molecule has 0 unspecified atom stereocenters. The third kappa shape index (κ3) is 4.65. The number of piperidine rings is 1. The molecule has 0 saturated carbocycles. The van der Waals surface area contributed by atoms with Gasteiger partial charge in [-0.3, -0.25) is 4.57 Å². The van der Waals surface area contributed by atoms with Gasteiger partial charge in [-0.25, -0.2) is 4.79 Å². The minimum Gasteiger partial charge on any atom is -0.454 e. The van der Waals surface area contributed by atoms with Gasteiger partial charge in [-0.05, 0) is 61.8 Å². The van der Waals surface area contributed by atoms with Gasteiger partial charge in [0.2, 0.25) is 6.79 Å². The van der Waals surface area contributed by atoms with Crippen molar-refractivity contribution in [1.82, 2.24) is 14.9 Å². The second-order valence-corrected chi connectivity index (χ2v) is 8.81. The van der Waals surface area contributed by atoms with E-state index in [0.29, 0.717) is 38.8 Å². The summed E-state index contributed by atoms with van der Waals surface area (Å²) < 4.78 is 51.2. The summed E-state index contributed by atoms with van der Waals surface area (Å²) in [6.07, 6.45) is -2.99. The summed E-state index contributed by atoms with van der Waals surface area (Å²) in [4.78, 5) is 19.0. The molecule has 34 heavy (non-hydrogen) atoms. The number of rotatable bonds is 5. The molecule has 11 heteroatoms. The Kier molecular flexibility index (Phi) is 6.03. The number of benzene rings is 2. The van der Waals surface area contributed by atoms with Gasteiger partial charge in [0, 0.05) is 23.0 Å². The normalized spacial score (nSPS) is 16.2. The predicted molar refractivity (Wildman–Crippen MR) is 122 cm³/mol. The number of aromatic nitrogens is 2. The molecule has 3 heterocycles. The van der Waals surface area contributed by atoms with Crippen molar-refractivity contribution in [2.24, 2.45) is 0 Å². The van der Waals surface area contributed by atoms with Gasteiger partial charge < -0.3 is 19.7 Å². The van der Waals surface area contributed by atoms with E-state index in [4.69, 9.17) is 21.1 Å². The summed E-state index contributed by atoms with van der Waals surface area (Å²) in [5.41, 5.74) is 0.0901. The number of hydrogen-bond acceptors (Lipinski definition) is 6. The molecule has 2 aliphatic heterocycles. The first kappa shape index (κ1) is 22.8. The number of ether oxygens (including phenoxy) is 2. The fourth-order valence-electron chi connectivity index (χ4n) is 4.52. The molecule has 1 fully saturated rings. The largest absolute Gasteiger partial charge is 0.454 e. The SMILES string of the molecule is O=c1nc(N(Cc2ccc3c(c2)OCO3)C2CCNCC2)c2cc(Cl)ccc2n1CC(F)(F)F. The zero-order valence-corrected chi connectivity index (χ0v) is 18.8. The number of hydrogen-bond donors (Lipinski definition) is 1. The Morgan fingerprint density at radius 3 is 2.65 bits per heavy atom. The van der Waals surface area contributed by atoms with Crippen LogP contribution in [0.1, 0.15) is 18.4 Å². The Balaban J connectivity index is 1.64. The Hall–Kier alpha value is -2.98. The highest BCUT2D eigenvalue weighted by Gasteiger charge is 2.31. The molecule has 2 aliphatic rings. The van der Waals surface area contributed by atoms with Gasteiger partial charge in [0.05, 0.1) is 5.52 Å². The van der Waals surface area contributed by atoms with Crippen LogP contribution in [-0.2, 0) is 13.1 Å². The molecule has 7 nitrogen and oxygen atoms in total. The molecule has 0 amide bonds. The molecule has 5 rings (SSSR count). The molecule has 3 aromatic rings. The van der Waals surface area contributed by atoms with Crippen molar-refractivity contribution in [3.8, 4) is 11.5 Å². The van der Waals surface area contributed by atoms with Crippen molar-refractivity contribution in [3.05, 3.63) is 57.5 Å². The first-order valence-electron chi connectivity index (χ1n) is 10.9. The highest BCUT2D eigenvalue weighted by atomic mass is 35.5. The Morgan fingerprint density at radius 1 is 1.12 bits per heavy atom. The van der Waals surface area contributed by atoms with Gasteiger partial charge in [0.1, 0.15) is 12.4 Å². The Labute approximate surface area is 198 Å². The van der Waals surface area contributed by atoms with Gasteiger partial charge in [-0.2, -0.15) is 18.2 Å². The Bertz CT molecular complexity index is 1270. The van der Waals surface area contributed by atoms with E-state index in [1.54, 1.807) is 6.07 Å². The lowest BCUT2D eigenvalue weighted by molar-refractivity contribution is -0.140. The van der Waals surface area contributed by atoms with Crippen LogP contribution in [0.5, 0.6) is 11.5 Å². The number of halogens is 4. The van der Waals surface area contributed by atoms with Gasteiger partial charge >= 0.3 is 11.9 Å². The molecule has 1 saturated heterocycles. The summed E-state index contributed by atoms with van der Waals surface area (Å²) in [6, 6.07) is 10.1. The monoisotopic (exact) mass is 494 g/mol. The fourth-order valence-corrected chi connectivity index (χ4v) is 4.69. The van der Waals surface area contributed by atoms with Crippen LogP contribution < -0.4 is 25.4 Å². The average molecular weight is 495 g/mol. The maximum absolute atomic E-state index is 13.2. The standard InChI is InChI=1S/C23H22ClF3N4O3/c24-15-2-3-18-17(10-15)21(29-22(32)31(18)12-23(25,26)27)30(16-5-7-28-8-6-16)11-14-1-4-19-20(9-14)34-13-33-19/h1-4,9-10,16,28H,5-8,11-13H2. The summed E-state index contributed by atoms with van der Waals surface area (Å²) in [6.45, 7) is 0.683. The van der Waals surface area contributed by atoms with E-state index in [9.17, 15) is 18.0 Å². The molecule has 1 N–H and O–H groups in total. The number of fused-ring (bicyclic) bond motifs is 2. The molecule has 0 spiro atoms. The van der Waals surface area contributed by atoms with Gasteiger partial charge in [0.25, 0.3) is 0 Å². The van der Waals surface area contributed by atoms with Crippen LogP contribution in [0.2, 0.25) is 5.02 Å². The molecule has 0 bridgehead atoms. The highest BCUT2D eigenvalue weighted by Crippen LogP contribution is 2.35. The molecule has 180 valence electrons. The molecular weight excluding hydrogens is 473 g/mol. The summed E-state index contributed by atoms with van der Waals surface area (Å²) in [7, 11) is 0. The van der Waals surface area contributed by atoms with E-state index in [2.05, 4.69) is 10.3 Å². The van der Waals surface area contributed by atoms with Crippen molar-refractivity contribution in [2.75, 3.05) is 24.8 Å². The number of nitrogens with one attached hydrogen (secondary N) is 1. The molecule has 0 aliphatic carbocycles. The van der Waals surface area contributed by atoms with E-state index >= 15 is 0 Å².